The van der Waals surface area contributed by atoms with Gasteiger partial charge in [0, 0.05) is 25.0 Å². The van der Waals surface area contributed by atoms with Gasteiger partial charge in [0.1, 0.15) is 11.5 Å². The number of aromatic nitrogens is 1. The average molecular weight is 313 g/mol. The summed E-state index contributed by atoms with van der Waals surface area (Å²) in [6, 6.07) is 6.17. The molecule has 2 aromatic heterocycles. The van der Waals surface area contributed by atoms with Gasteiger partial charge in [-0.25, -0.2) is 0 Å². The van der Waals surface area contributed by atoms with E-state index < -0.39 is 0 Å². The van der Waals surface area contributed by atoms with E-state index in [1.165, 1.54) is 5.56 Å². The standard InChI is InChI=1S/C18H23N3O2/c1-12-9-16(13(2)23-12)18(22)20-11-15-6-8-21(3)17(15)14-5-4-7-19-10-14/h4-5,7,9-10,15,17H,6,8,11H2,1-3H3,(H,20,22)/t15-,17-/m0/s1. The maximum Gasteiger partial charge on any atom is 0.254 e. The number of carbonyl (C=O) groups is 1. The molecule has 0 saturated carbocycles. The van der Waals surface area contributed by atoms with Crippen molar-refractivity contribution in [3.8, 4) is 0 Å². The predicted octanol–water partition coefficient (Wildman–Crippen LogP) is 2.71. The van der Waals surface area contributed by atoms with Crippen molar-refractivity contribution < 1.29 is 9.21 Å². The van der Waals surface area contributed by atoms with Gasteiger partial charge in [-0.15, -0.1) is 0 Å². The zero-order chi connectivity index (χ0) is 16.4. The van der Waals surface area contributed by atoms with E-state index >= 15 is 0 Å². The molecule has 3 heterocycles. The molecule has 1 fully saturated rings. The Kier molecular flexibility index (Phi) is 4.48. The van der Waals surface area contributed by atoms with Crippen LogP contribution in [0.2, 0.25) is 0 Å². The Bertz CT molecular complexity index is 681. The van der Waals surface area contributed by atoms with Crippen LogP contribution in [-0.2, 0) is 0 Å². The molecule has 5 nitrogen and oxygen atoms in total. The number of aryl methyl sites for hydroxylation is 2. The largest absolute Gasteiger partial charge is 0.466 e. The second-order valence-corrected chi connectivity index (χ2v) is 6.30. The van der Waals surface area contributed by atoms with Crippen molar-refractivity contribution in [1.82, 2.24) is 15.2 Å². The van der Waals surface area contributed by atoms with Crippen molar-refractivity contribution in [2.45, 2.75) is 26.3 Å². The quantitative estimate of drug-likeness (QED) is 0.943. The smallest absolute Gasteiger partial charge is 0.254 e. The van der Waals surface area contributed by atoms with E-state index in [9.17, 15) is 4.79 Å². The summed E-state index contributed by atoms with van der Waals surface area (Å²) in [5, 5.41) is 3.07. The van der Waals surface area contributed by atoms with E-state index in [1.54, 1.807) is 12.3 Å². The Morgan fingerprint density at radius 1 is 1.48 bits per heavy atom. The van der Waals surface area contributed by atoms with Crippen molar-refractivity contribution >= 4 is 5.91 Å². The average Bonchev–Trinajstić information content (AvgIpc) is 3.08. The van der Waals surface area contributed by atoms with Crippen LogP contribution in [0.25, 0.3) is 0 Å². The van der Waals surface area contributed by atoms with Gasteiger partial charge in [-0.2, -0.15) is 0 Å². The minimum absolute atomic E-state index is 0.0566. The number of carbonyl (C=O) groups excluding carboxylic acids is 1. The second-order valence-electron chi connectivity index (χ2n) is 6.30. The van der Waals surface area contributed by atoms with Gasteiger partial charge in [-0.05, 0) is 57.5 Å². The van der Waals surface area contributed by atoms with Crippen LogP contribution in [0.1, 0.15) is 39.9 Å². The minimum Gasteiger partial charge on any atom is -0.466 e. The van der Waals surface area contributed by atoms with Gasteiger partial charge < -0.3 is 9.73 Å². The summed E-state index contributed by atoms with van der Waals surface area (Å²) < 4.78 is 5.44. The molecule has 0 aromatic carbocycles. The molecule has 0 aliphatic carbocycles. The lowest BCUT2D eigenvalue weighted by molar-refractivity contribution is 0.0942. The fourth-order valence-electron chi connectivity index (χ4n) is 3.49. The molecule has 0 radical (unpaired) electrons. The number of rotatable bonds is 4. The first-order chi connectivity index (χ1) is 11.1. The third kappa shape index (κ3) is 3.29. The maximum atomic E-state index is 12.4. The van der Waals surface area contributed by atoms with Crippen LogP contribution in [-0.4, -0.2) is 35.9 Å². The van der Waals surface area contributed by atoms with Gasteiger partial charge in [-0.3, -0.25) is 14.7 Å². The van der Waals surface area contributed by atoms with Gasteiger partial charge in [-0.1, -0.05) is 6.07 Å². The van der Waals surface area contributed by atoms with Crippen LogP contribution in [0.5, 0.6) is 0 Å². The Labute approximate surface area is 136 Å². The monoisotopic (exact) mass is 313 g/mol. The SMILES string of the molecule is Cc1cc(C(=O)NC[C@@H]2CCN(C)[C@H]2c2cccnc2)c(C)o1. The fourth-order valence-corrected chi connectivity index (χ4v) is 3.49. The number of nitrogens with zero attached hydrogens (tertiary/aromatic N) is 2. The van der Waals surface area contributed by atoms with E-state index in [2.05, 4.69) is 28.3 Å². The molecule has 1 aliphatic heterocycles. The molecule has 1 aliphatic rings. The summed E-state index contributed by atoms with van der Waals surface area (Å²) in [6.07, 6.45) is 4.78. The first-order valence-corrected chi connectivity index (χ1v) is 8.01. The van der Waals surface area contributed by atoms with Crippen LogP contribution in [0.15, 0.2) is 35.0 Å². The lowest BCUT2D eigenvalue weighted by Gasteiger charge is -2.25. The molecule has 1 saturated heterocycles. The molecule has 1 N–H and O–H groups in total. The van der Waals surface area contributed by atoms with E-state index in [-0.39, 0.29) is 5.91 Å². The van der Waals surface area contributed by atoms with Crippen LogP contribution in [0.4, 0.5) is 0 Å². The number of amides is 1. The van der Waals surface area contributed by atoms with Crippen LogP contribution in [0, 0.1) is 19.8 Å². The highest BCUT2D eigenvalue weighted by Gasteiger charge is 2.33. The summed E-state index contributed by atoms with van der Waals surface area (Å²) in [5.74, 6) is 1.77. The Hall–Kier alpha value is -2.14. The third-order valence-electron chi connectivity index (χ3n) is 4.61. The van der Waals surface area contributed by atoms with Crippen LogP contribution >= 0.6 is 0 Å². The minimum atomic E-state index is -0.0566. The van der Waals surface area contributed by atoms with E-state index in [0.29, 0.717) is 29.8 Å². The first-order valence-electron chi connectivity index (χ1n) is 8.01. The van der Waals surface area contributed by atoms with E-state index in [4.69, 9.17) is 4.42 Å². The highest BCUT2D eigenvalue weighted by atomic mass is 16.3. The number of nitrogens with one attached hydrogen (secondary N) is 1. The van der Waals surface area contributed by atoms with Gasteiger partial charge >= 0.3 is 0 Å². The van der Waals surface area contributed by atoms with Gasteiger partial charge in [0.15, 0.2) is 0 Å². The molecular formula is C18H23N3O2. The summed E-state index contributed by atoms with van der Waals surface area (Å²) in [4.78, 5) is 18.9. The van der Waals surface area contributed by atoms with Crippen molar-refractivity contribution in [3.05, 3.63) is 53.2 Å². The van der Waals surface area contributed by atoms with E-state index in [0.717, 1.165) is 18.7 Å². The van der Waals surface area contributed by atoms with Gasteiger partial charge in [0.05, 0.1) is 5.56 Å². The van der Waals surface area contributed by atoms with Crippen molar-refractivity contribution in [1.29, 1.82) is 0 Å². The zero-order valence-electron chi connectivity index (χ0n) is 13.9. The molecular weight excluding hydrogens is 290 g/mol. The zero-order valence-corrected chi connectivity index (χ0v) is 13.9. The highest BCUT2D eigenvalue weighted by molar-refractivity contribution is 5.95. The highest BCUT2D eigenvalue weighted by Crippen LogP contribution is 2.35. The first kappa shape index (κ1) is 15.7. The maximum absolute atomic E-state index is 12.4. The summed E-state index contributed by atoms with van der Waals surface area (Å²) in [6.45, 7) is 5.37. The summed E-state index contributed by atoms with van der Waals surface area (Å²) >= 11 is 0. The van der Waals surface area contributed by atoms with Crippen LogP contribution in [0.3, 0.4) is 0 Å². The van der Waals surface area contributed by atoms with Gasteiger partial charge in [0.25, 0.3) is 5.91 Å². The Morgan fingerprint density at radius 2 is 2.30 bits per heavy atom. The Balaban J connectivity index is 1.67. The predicted molar refractivity (Wildman–Crippen MR) is 88.2 cm³/mol. The molecule has 0 unspecified atom stereocenters. The molecule has 0 bridgehead atoms. The molecule has 3 rings (SSSR count). The molecule has 5 heteroatoms. The second kappa shape index (κ2) is 6.54. The third-order valence-corrected chi connectivity index (χ3v) is 4.61. The number of furan rings is 1. The number of pyridine rings is 1. The van der Waals surface area contributed by atoms with Crippen LogP contribution < -0.4 is 5.32 Å². The number of hydrogen-bond acceptors (Lipinski definition) is 4. The summed E-state index contributed by atoms with van der Waals surface area (Å²) in [5.41, 5.74) is 1.84. The molecule has 2 aromatic rings. The topological polar surface area (TPSA) is 58.4 Å². The molecule has 1 amide bonds. The molecule has 0 spiro atoms. The fraction of sp³-hybridized carbons (Fsp3) is 0.444. The number of hydrogen-bond donors (Lipinski definition) is 1. The number of likely N-dealkylation sites (tertiary alicyclic amines) is 1. The molecule has 23 heavy (non-hydrogen) atoms. The lowest BCUT2D eigenvalue weighted by atomic mass is 9.94. The molecule has 2 atom stereocenters. The van der Waals surface area contributed by atoms with Crippen molar-refractivity contribution in [2.24, 2.45) is 5.92 Å². The van der Waals surface area contributed by atoms with Gasteiger partial charge in [0.2, 0.25) is 0 Å². The Morgan fingerprint density at radius 3 is 2.96 bits per heavy atom. The normalized spacial score (nSPS) is 21.5. The summed E-state index contributed by atoms with van der Waals surface area (Å²) in [7, 11) is 2.13. The van der Waals surface area contributed by atoms with Crippen molar-refractivity contribution in [3.63, 3.8) is 0 Å². The lowest BCUT2D eigenvalue weighted by Crippen LogP contribution is -2.32. The molecule has 122 valence electrons. The van der Waals surface area contributed by atoms with E-state index in [1.807, 2.05) is 26.1 Å². The van der Waals surface area contributed by atoms with Crippen molar-refractivity contribution in [2.75, 3.05) is 20.1 Å².